The Bertz CT molecular complexity index is 76.2. The summed E-state index contributed by atoms with van der Waals surface area (Å²) in [6.45, 7) is 10.1. The first-order chi connectivity index (χ1) is 6.12. The van der Waals surface area contributed by atoms with Crippen LogP contribution in [-0.4, -0.2) is 31.2 Å². The summed E-state index contributed by atoms with van der Waals surface area (Å²) in [6.07, 6.45) is 2.68. The van der Waals surface area contributed by atoms with Gasteiger partial charge in [0.2, 0.25) is 0 Å². The van der Waals surface area contributed by atoms with E-state index in [9.17, 15) is 4.39 Å². The first-order valence-electron chi connectivity index (χ1n) is 5.44. The van der Waals surface area contributed by atoms with Crippen LogP contribution >= 0.6 is 0 Å². The summed E-state index contributed by atoms with van der Waals surface area (Å²) >= 11 is 0. The van der Waals surface area contributed by atoms with Crippen LogP contribution in [-0.2, 0) is 0 Å². The molecule has 1 atom stereocenters. The molecule has 0 aromatic rings. The standard InChI is InChI=1S/C5H10FN.2C3H8/c1-7-3-2-5(6)4-7;2*1-3-2/h5H,2-4H2,1H3;2*3H2,1-2H3/t5-;;/m1../s1. The van der Waals surface area contributed by atoms with Crippen molar-refractivity contribution in [2.75, 3.05) is 20.1 Å². The van der Waals surface area contributed by atoms with Gasteiger partial charge in [-0.3, -0.25) is 0 Å². The van der Waals surface area contributed by atoms with Crippen molar-refractivity contribution in [2.45, 2.75) is 53.1 Å². The van der Waals surface area contributed by atoms with Gasteiger partial charge in [-0.15, -0.1) is 0 Å². The monoisotopic (exact) mass is 191 g/mol. The van der Waals surface area contributed by atoms with Gasteiger partial charge in [0.25, 0.3) is 0 Å². The molecule has 0 N–H and O–H groups in total. The van der Waals surface area contributed by atoms with Gasteiger partial charge in [0.15, 0.2) is 0 Å². The Morgan fingerprint density at radius 1 is 1.15 bits per heavy atom. The summed E-state index contributed by atoms with van der Waals surface area (Å²) in [5, 5.41) is 0. The Kier molecular flexibility index (Phi) is 14.1. The second kappa shape index (κ2) is 11.9. The molecule has 1 heterocycles. The Balaban J connectivity index is 0. The number of hydrogen-bond donors (Lipinski definition) is 0. The van der Waals surface area contributed by atoms with E-state index in [0.717, 1.165) is 13.0 Å². The maximum atomic E-state index is 12.1. The van der Waals surface area contributed by atoms with Gasteiger partial charge >= 0.3 is 0 Å². The van der Waals surface area contributed by atoms with Crippen LogP contribution in [0.2, 0.25) is 0 Å². The van der Waals surface area contributed by atoms with E-state index in [1.807, 2.05) is 11.9 Å². The van der Waals surface area contributed by atoms with Gasteiger partial charge in [-0.2, -0.15) is 0 Å². The highest BCUT2D eigenvalue weighted by Gasteiger charge is 2.17. The summed E-state index contributed by atoms with van der Waals surface area (Å²) in [5.41, 5.74) is 0. The van der Waals surface area contributed by atoms with Crippen molar-refractivity contribution >= 4 is 0 Å². The quantitative estimate of drug-likeness (QED) is 0.566. The summed E-state index contributed by atoms with van der Waals surface area (Å²) in [5.74, 6) is 0. The lowest BCUT2D eigenvalue weighted by Crippen LogP contribution is -2.13. The second-order valence-electron chi connectivity index (χ2n) is 3.56. The molecule has 1 aliphatic rings. The van der Waals surface area contributed by atoms with E-state index >= 15 is 0 Å². The molecule has 0 unspecified atom stereocenters. The third kappa shape index (κ3) is 14.7. The van der Waals surface area contributed by atoms with Crippen LogP contribution in [0.1, 0.15) is 47.0 Å². The van der Waals surface area contributed by atoms with E-state index in [4.69, 9.17) is 0 Å². The number of hydrogen-bond acceptors (Lipinski definition) is 1. The summed E-state index contributed by atoms with van der Waals surface area (Å²) in [6, 6.07) is 0. The van der Waals surface area contributed by atoms with Crippen LogP contribution in [0, 0.1) is 0 Å². The highest BCUT2D eigenvalue weighted by Crippen LogP contribution is 2.08. The number of nitrogens with zero attached hydrogens (tertiary/aromatic N) is 1. The van der Waals surface area contributed by atoms with Gasteiger partial charge < -0.3 is 4.90 Å². The van der Waals surface area contributed by atoms with Crippen LogP contribution < -0.4 is 0 Å². The van der Waals surface area contributed by atoms with Crippen molar-refractivity contribution in [2.24, 2.45) is 0 Å². The Morgan fingerprint density at radius 2 is 1.54 bits per heavy atom. The molecule has 82 valence electrons. The highest BCUT2D eigenvalue weighted by atomic mass is 19.1. The summed E-state index contributed by atoms with van der Waals surface area (Å²) < 4.78 is 12.1. The predicted molar refractivity (Wildman–Crippen MR) is 58.9 cm³/mol. The van der Waals surface area contributed by atoms with E-state index < -0.39 is 6.17 Å². The molecule has 1 nitrogen and oxygen atoms in total. The maximum absolute atomic E-state index is 12.1. The van der Waals surface area contributed by atoms with Crippen LogP contribution in [0.5, 0.6) is 0 Å². The molecule has 0 aromatic carbocycles. The van der Waals surface area contributed by atoms with Gasteiger partial charge in [0.05, 0.1) is 0 Å². The zero-order valence-electron chi connectivity index (χ0n) is 9.94. The first kappa shape index (κ1) is 15.4. The number of halogens is 1. The molecule has 0 aliphatic carbocycles. The lowest BCUT2D eigenvalue weighted by Gasteiger charge is -2.01. The third-order valence-corrected chi connectivity index (χ3v) is 1.33. The van der Waals surface area contributed by atoms with Crippen LogP contribution in [0.25, 0.3) is 0 Å². The lowest BCUT2D eigenvalue weighted by atomic mass is 10.4. The fourth-order valence-corrected chi connectivity index (χ4v) is 0.881. The van der Waals surface area contributed by atoms with Crippen molar-refractivity contribution in [3.8, 4) is 0 Å². The minimum Gasteiger partial charge on any atom is -0.303 e. The molecule has 0 radical (unpaired) electrons. The van der Waals surface area contributed by atoms with Gasteiger partial charge in [0.1, 0.15) is 6.17 Å². The molecule has 2 heteroatoms. The SMILES string of the molecule is CCC.CCC.CN1CC[C@@H](F)C1. The minimum absolute atomic E-state index is 0.551. The van der Waals surface area contributed by atoms with Gasteiger partial charge in [-0.05, 0) is 13.5 Å². The number of likely N-dealkylation sites (tertiary alicyclic amines) is 1. The van der Waals surface area contributed by atoms with Gasteiger partial charge in [0, 0.05) is 13.1 Å². The summed E-state index contributed by atoms with van der Waals surface area (Å²) in [7, 11) is 1.94. The summed E-state index contributed by atoms with van der Waals surface area (Å²) in [4.78, 5) is 2.00. The van der Waals surface area contributed by atoms with E-state index in [1.165, 1.54) is 12.8 Å². The smallest absolute Gasteiger partial charge is 0.114 e. The average molecular weight is 191 g/mol. The highest BCUT2D eigenvalue weighted by molar-refractivity contribution is 4.70. The molecule has 0 saturated carbocycles. The number of rotatable bonds is 0. The molecule has 0 aromatic heterocycles. The Morgan fingerprint density at radius 3 is 1.62 bits per heavy atom. The van der Waals surface area contributed by atoms with Crippen molar-refractivity contribution in [3.63, 3.8) is 0 Å². The Labute approximate surface area is 83.3 Å². The molecule has 1 fully saturated rings. The minimum atomic E-state index is -0.551. The zero-order chi connectivity index (χ0) is 10.7. The van der Waals surface area contributed by atoms with E-state index in [1.54, 1.807) is 0 Å². The van der Waals surface area contributed by atoms with E-state index in [2.05, 4.69) is 27.7 Å². The van der Waals surface area contributed by atoms with E-state index in [-0.39, 0.29) is 0 Å². The van der Waals surface area contributed by atoms with Gasteiger partial charge in [-0.1, -0.05) is 40.5 Å². The van der Waals surface area contributed by atoms with Crippen LogP contribution in [0.15, 0.2) is 0 Å². The topological polar surface area (TPSA) is 3.24 Å². The Hall–Kier alpha value is -0.110. The largest absolute Gasteiger partial charge is 0.303 e. The lowest BCUT2D eigenvalue weighted by molar-refractivity contribution is 0.321. The fraction of sp³-hybridized carbons (Fsp3) is 1.00. The molecule has 0 bridgehead atoms. The van der Waals surface area contributed by atoms with E-state index in [0.29, 0.717) is 6.54 Å². The normalized spacial score (nSPS) is 21.2. The molecular formula is C11H26FN. The molecule has 0 amide bonds. The zero-order valence-corrected chi connectivity index (χ0v) is 9.94. The average Bonchev–Trinajstić information content (AvgIpc) is 2.38. The first-order valence-corrected chi connectivity index (χ1v) is 5.44. The van der Waals surface area contributed by atoms with Crippen molar-refractivity contribution in [1.29, 1.82) is 0 Å². The predicted octanol–water partition coefficient (Wildman–Crippen LogP) is 3.49. The molecule has 1 aliphatic heterocycles. The molecule has 1 rings (SSSR count). The molecule has 13 heavy (non-hydrogen) atoms. The fourth-order valence-electron chi connectivity index (χ4n) is 0.881. The molecule has 0 spiro atoms. The molecule has 1 saturated heterocycles. The van der Waals surface area contributed by atoms with Crippen molar-refractivity contribution in [3.05, 3.63) is 0 Å². The number of alkyl halides is 1. The van der Waals surface area contributed by atoms with Crippen LogP contribution in [0.3, 0.4) is 0 Å². The van der Waals surface area contributed by atoms with Crippen molar-refractivity contribution < 1.29 is 4.39 Å². The molecular weight excluding hydrogens is 165 g/mol. The van der Waals surface area contributed by atoms with Crippen LogP contribution in [0.4, 0.5) is 4.39 Å². The maximum Gasteiger partial charge on any atom is 0.114 e. The second-order valence-corrected chi connectivity index (χ2v) is 3.56. The van der Waals surface area contributed by atoms with Gasteiger partial charge in [-0.25, -0.2) is 4.39 Å². The van der Waals surface area contributed by atoms with Crippen molar-refractivity contribution in [1.82, 2.24) is 4.90 Å². The third-order valence-electron chi connectivity index (χ3n) is 1.33.